The summed E-state index contributed by atoms with van der Waals surface area (Å²) in [5.41, 5.74) is 0.538. The van der Waals surface area contributed by atoms with Gasteiger partial charge in [-0.25, -0.2) is 4.79 Å². The van der Waals surface area contributed by atoms with Gasteiger partial charge in [0.05, 0.1) is 5.56 Å². The van der Waals surface area contributed by atoms with Gasteiger partial charge in [-0.05, 0) is 12.1 Å². The van der Waals surface area contributed by atoms with Crippen LogP contribution >= 0.6 is 11.8 Å². The molecule has 1 aromatic carbocycles. The van der Waals surface area contributed by atoms with Crippen LogP contribution in [0.25, 0.3) is 0 Å². The number of rotatable bonds is 3. The van der Waals surface area contributed by atoms with Crippen LogP contribution in [0.1, 0.15) is 10.4 Å². The first kappa shape index (κ1) is 11.7. The summed E-state index contributed by atoms with van der Waals surface area (Å²) in [5, 5.41) is 0. The van der Waals surface area contributed by atoms with Crippen molar-refractivity contribution in [2.75, 3.05) is 18.1 Å². The number of carbonyl (C=O) groups excluding carboxylic acids is 1. The quantitative estimate of drug-likeness (QED) is 0.772. The molecule has 0 amide bonds. The Morgan fingerprint density at radius 1 is 1.44 bits per heavy atom. The summed E-state index contributed by atoms with van der Waals surface area (Å²) in [6, 6.07) is 8.85. The molecule has 1 aliphatic heterocycles. The third kappa shape index (κ3) is 2.86. The smallest absolute Gasteiger partial charge is 0.338 e. The van der Waals surface area contributed by atoms with Crippen LogP contribution in [0.3, 0.4) is 0 Å². The van der Waals surface area contributed by atoms with Crippen molar-refractivity contribution in [3.8, 4) is 0 Å². The summed E-state index contributed by atoms with van der Waals surface area (Å²) >= 11 is 1.61. The highest BCUT2D eigenvalue weighted by atomic mass is 32.2. The van der Waals surface area contributed by atoms with Crippen molar-refractivity contribution in [2.45, 2.75) is 4.58 Å². The van der Waals surface area contributed by atoms with Crippen molar-refractivity contribution in [3.63, 3.8) is 0 Å². The fourth-order valence-electron chi connectivity index (χ4n) is 1.39. The Balaban J connectivity index is 1.87. The van der Waals surface area contributed by atoms with E-state index in [-0.39, 0.29) is 17.2 Å². The highest BCUT2D eigenvalue weighted by Gasteiger charge is 2.25. The average molecular weight is 256 g/mol. The van der Waals surface area contributed by atoms with Gasteiger partial charge in [0.25, 0.3) is 0 Å². The third-order valence-electron chi connectivity index (χ3n) is 2.24. The zero-order valence-corrected chi connectivity index (χ0v) is 10.3. The zero-order chi connectivity index (χ0) is 11.4. The van der Waals surface area contributed by atoms with Crippen molar-refractivity contribution in [2.24, 2.45) is 0 Å². The van der Waals surface area contributed by atoms with Crippen molar-refractivity contribution in [3.05, 3.63) is 35.9 Å². The molecular formula is C11H12O3S2. The van der Waals surface area contributed by atoms with E-state index < -0.39 is 10.8 Å². The second kappa shape index (κ2) is 5.50. The maximum Gasteiger partial charge on any atom is 0.338 e. The second-order valence-electron chi connectivity index (χ2n) is 3.35. The van der Waals surface area contributed by atoms with Crippen LogP contribution < -0.4 is 0 Å². The molecule has 1 fully saturated rings. The van der Waals surface area contributed by atoms with Gasteiger partial charge in [0.1, 0.15) is 11.2 Å². The summed E-state index contributed by atoms with van der Waals surface area (Å²) < 4.78 is 16.5. The molecule has 0 aromatic heterocycles. The maximum absolute atomic E-state index is 11.6. The third-order valence-corrected chi connectivity index (χ3v) is 5.83. The number of ether oxygens (including phenoxy) is 1. The first-order valence-electron chi connectivity index (χ1n) is 4.98. The maximum atomic E-state index is 11.6. The van der Waals surface area contributed by atoms with E-state index in [9.17, 15) is 9.00 Å². The van der Waals surface area contributed by atoms with Gasteiger partial charge in [0.2, 0.25) is 0 Å². The van der Waals surface area contributed by atoms with E-state index in [0.29, 0.717) is 11.3 Å². The number of esters is 1. The molecule has 2 rings (SSSR count). The molecule has 3 nitrogen and oxygen atoms in total. The molecule has 0 bridgehead atoms. The lowest BCUT2D eigenvalue weighted by Crippen LogP contribution is -2.17. The Labute approximate surface area is 101 Å². The van der Waals surface area contributed by atoms with Gasteiger partial charge in [-0.1, -0.05) is 18.2 Å². The van der Waals surface area contributed by atoms with Gasteiger partial charge in [-0.15, -0.1) is 11.8 Å². The molecule has 2 atom stereocenters. The zero-order valence-electron chi connectivity index (χ0n) is 8.63. The molecule has 0 saturated carbocycles. The lowest BCUT2D eigenvalue weighted by molar-refractivity contribution is 0.0523. The molecule has 1 aromatic rings. The number of thioether (sulfide) groups is 1. The highest BCUT2D eigenvalue weighted by molar-refractivity contribution is 8.14. The summed E-state index contributed by atoms with van der Waals surface area (Å²) in [7, 11) is -0.848. The van der Waals surface area contributed by atoms with E-state index in [1.165, 1.54) is 0 Å². The van der Waals surface area contributed by atoms with Crippen LogP contribution in [0.4, 0.5) is 0 Å². The monoisotopic (exact) mass is 256 g/mol. The summed E-state index contributed by atoms with van der Waals surface area (Å²) in [6.45, 7) is 0.241. The van der Waals surface area contributed by atoms with E-state index in [2.05, 4.69) is 0 Å². The summed E-state index contributed by atoms with van der Waals surface area (Å²) in [5.74, 6) is 1.25. The minimum Gasteiger partial charge on any atom is -0.460 e. The second-order valence-corrected chi connectivity index (χ2v) is 6.70. The molecule has 16 heavy (non-hydrogen) atoms. The average Bonchev–Trinajstić information content (AvgIpc) is 2.73. The molecular weight excluding hydrogens is 244 g/mol. The molecule has 0 radical (unpaired) electrons. The van der Waals surface area contributed by atoms with Gasteiger partial charge in [-0.3, -0.25) is 4.21 Å². The number of hydrogen-bond acceptors (Lipinski definition) is 4. The minimum absolute atomic E-state index is 0.0485. The van der Waals surface area contributed by atoms with E-state index in [1.807, 2.05) is 6.07 Å². The Morgan fingerprint density at radius 2 is 2.19 bits per heavy atom. The SMILES string of the molecule is O=C(OCC1SCCS1=O)c1ccccc1. The number of benzene rings is 1. The molecule has 0 N–H and O–H groups in total. The van der Waals surface area contributed by atoms with Crippen LogP contribution in [0, 0.1) is 0 Å². The fraction of sp³-hybridized carbons (Fsp3) is 0.364. The van der Waals surface area contributed by atoms with Crippen molar-refractivity contribution in [1.29, 1.82) is 0 Å². The molecule has 0 aliphatic carbocycles. The largest absolute Gasteiger partial charge is 0.460 e. The van der Waals surface area contributed by atoms with Gasteiger partial charge in [0.15, 0.2) is 0 Å². The molecule has 1 heterocycles. The first-order valence-corrected chi connectivity index (χ1v) is 7.41. The van der Waals surface area contributed by atoms with Gasteiger partial charge in [-0.2, -0.15) is 0 Å². The fourth-order valence-corrected chi connectivity index (χ4v) is 4.53. The topological polar surface area (TPSA) is 43.4 Å². The van der Waals surface area contributed by atoms with Gasteiger partial charge >= 0.3 is 5.97 Å². The molecule has 1 aliphatic rings. The molecule has 2 unspecified atom stereocenters. The molecule has 1 saturated heterocycles. The molecule has 0 spiro atoms. The highest BCUT2D eigenvalue weighted by Crippen LogP contribution is 2.23. The predicted molar refractivity (Wildman–Crippen MR) is 66.0 cm³/mol. The number of hydrogen-bond donors (Lipinski definition) is 0. The van der Waals surface area contributed by atoms with Crippen LogP contribution in [0.2, 0.25) is 0 Å². The lowest BCUT2D eigenvalue weighted by atomic mass is 10.2. The Bertz CT molecular complexity index is 391. The Kier molecular flexibility index (Phi) is 4.01. The van der Waals surface area contributed by atoms with E-state index in [1.54, 1.807) is 36.0 Å². The predicted octanol–water partition coefficient (Wildman–Crippen LogP) is 1.66. The first-order chi connectivity index (χ1) is 7.77. The lowest BCUT2D eigenvalue weighted by Gasteiger charge is -2.08. The van der Waals surface area contributed by atoms with Gasteiger partial charge < -0.3 is 4.74 Å². The van der Waals surface area contributed by atoms with E-state index >= 15 is 0 Å². The van der Waals surface area contributed by atoms with E-state index in [0.717, 1.165) is 5.75 Å². The van der Waals surface area contributed by atoms with Crippen LogP contribution in [0.15, 0.2) is 30.3 Å². The molecule has 86 valence electrons. The van der Waals surface area contributed by atoms with E-state index in [4.69, 9.17) is 4.74 Å². The van der Waals surface area contributed by atoms with Crippen molar-refractivity contribution in [1.82, 2.24) is 0 Å². The Morgan fingerprint density at radius 3 is 2.81 bits per heavy atom. The van der Waals surface area contributed by atoms with Crippen molar-refractivity contribution < 1.29 is 13.7 Å². The van der Waals surface area contributed by atoms with Crippen LogP contribution in [-0.2, 0) is 15.5 Å². The summed E-state index contributed by atoms with van der Waals surface area (Å²) in [6.07, 6.45) is 0. The summed E-state index contributed by atoms with van der Waals surface area (Å²) in [4.78, 5) is 11.6. The number of carbonyl (C=O) groups is 1. The van der Waals surface area contributed by atoms with Crippen LogP contribution in [-0.4, -0.2) is 32.9 Å². The standard InChI is InChI=1S/C11H12O3S2/c12-11(9-4-2-1-3-5-9)14-8-10-15-6-7-16(10)13/h1-5,10H,6-8H2. The minimum atomic E-state index is -0.848. The Hall–Kier alpha value is -0.810. The van der Waals surface area contributed by atoms with Crippen LogP contribution in [0.5, 0.6) is 0 Å². The molecule has 5 heteroatoms. The van der Waals surface area contributed by atoms with Gasteiger partial charge in [0, 0.05) is 22.3 Å². The van der Waals surface area contributed by atoms with Crippen molar-refractivity contribution >= 4 is 28.5 Å². The normalized spacial score (nSPS) is 24.2.